The normalized spacial score (nSPS) is 13.0. The molecule has 0 atom stereocenters. The van der Waals surface area contributed by atoms with Crippen LogP contribution in [0.2, 0.25) is 0 Å². The summed E-state index contributed by atoms with van der Waals surface area (Å²) in [6.07, 6.45) is 0. The summed E-state index contributed by atoms with van der Waals surface area (Å²) >= 11 is 0. The van der Waals surface area contributed by atoms with Crippen LogP contribution < -0.4 is 0 Å². The minimum atomic E-state index is -0.109. The third kappa shape index (κ3) is 4.98. The molecule has 10 aromatic rings. The smallest absolute Gasteiger partial charge is 0.160 e. The molecule has 0 amide bonds. The highest BCUT2D eigenvalue weighted by atomic mass is 15.0. The number of para-hydroxylation sites is 1. The number of hydrogen-bond donors (Lipinski definition) is 0. The van der Waals surface area contributed by atoms with E-state index in [1.165, 1.54) is 60.6 Å². The van der Waals surface area contributed by atoms with Crippen molar-refractivity contribution in [3.05, 3.63) is 199 Å². The molecule has 56 heavy (non-hydrogen) atoms. The van der Waals surface area contributed by atoms with Gasteiger partial charge in [0, 0.05) is 38.3 Å². The Morgan fingerprint density at radius 3 is 1.80 bits per heavy atom. The molecule has 3 nitrogen and oxygen atoms in total. The summed E-state index contributed by atoms with van der Waals surface area (Å²) in [5, 5.41) is 4.79. The lowest BCUT2D eigenvalue weighted by molar-refractivity contribution is 0.660. The van der Waals surface area contributed by atoms with E-state index in [1.807, 2.05) is 6.07 Å². The SMILES string of the molecule is CC1(C)c2ccccc2-c2ccc(-c3cc(-c4ccc(-n5c6ccccc6c6cc(-c7ccccc7)ccc65)c5ccccc45)nc(-c4ccccc4)n3)cc21. The van der Waals surface area contributed by atoms with Gasteiger partial charge in [-0.3, -0.25) is 0 Å². The number of hydrogen-bond acceptors (Lipinski definition) is 2. The summed E-state index contributed by atoms with van der Waals surface area (Å²) in [6.45, 7) is 4.66. The maximum atomic E-state index is 5.30. The molecule has 0 saturated heterocycles. The molecule has 0 saturated carbocycles. The van der Waals surface area contributed by atoms with Crippen molar-refractivity contribution in [2.24, 2.45) is 0 Å². The van der Waals surface area contributed by atoms with E-state index in [4.69, 9.17) is 9.97 Å². The summed E-state index contributed by atoms with van der Waals surface area (Å²) in [5.41, 5.74) is 16.1. The van der Waals surface area contributed by atoms with Gasteiger partial charge in [0.1, 0.15) is 0 Å². The van der Waals surface area contributed by atoms with Crippen molar-refractivity contribution in [2.75, 3.05) is 0 Å². The highest BCUT2D eigenvalue weighted by molar-refractivity contribution is 6.12. The Morgan fingerprint density at radius 1 is 0.375 bits per heavy atom. The second kappa shape index (κ2) is 12.5. The molecule has 2 aromatic heterocycles. The Bertz CT molecular complexity index is 3150. The highest BCUT2D eigenvalue weighted by Crippen LogP contribution is 2.49. The lowest BCUT2D eigenvalue weighted by Gasteiger charge is -2.22. The Balaban J connectivity index is 1.10. The number of nitrogens with zero attached hydrogens (tertiary/aromatic N) is 3. The van der Waals surface area contributed by atoms with Crippen LogP contribution in [0.15, 0.2) is 188 Å². The molecule has 1 aliphatic rings. The zero-order valence-corrected chi connectivity index (χ0v) is 31.2. The van der Waals surface area contributed by atoms with E-state index in [-0.39, 0.29) is 5.41 Å². The lowest BCUT2D eigenvalue weighted by atomic mass is 9.82. The van der Waals surface area contributed by atoms with E-state index < -0.39 is 0 Å². The molecule has 0 aliphatic heterocycles. The molecular weight excluding hydrogens is 679 g/mol. The van der Waals surface area contributed by atoms with Crippen molar-refractivity contribution in [3.8, 4) is 61.8 Å². The first-order valence-corrected chi connectivity index (χ1v) is 19.3. The van der Waals surface area contributed by atoms with Gasteiger partial charge in [-0.05, 0) is 75.2 Å². The van der Waals surface area contributed by atoms with Gasteiger partial charge in [-0.1, -0.05) is 166 Å². The van der Waals surface area contributed by atoms with Crippen LogP contribution in [-0.2, 0) is 5.41 Å². The molecule has 0 bridgehead atoms. The van der Waals surface area contributed by atoms with Gasteiger partial charge < -0.3 is 4.57 Å². The second-order valence-electron chi connectivity index (χ2n) is 15.4. The number of benzene rings is 8. The van der Waals surface area contributed by atoms with Crippen molar-refractivity contribution in [2.45, 2.75) is 19.3 Å². The third-order valence-electron chi connectivity index (χ3n) is 11.8. The summed E-state index contributed by atoms with van der Waals surface area (Å²) < 4.78 is 2.43. The maximum absolute atomic E-state index is 5.30. The van der Waals surface area contributed by atoms with Crippen molar-refractivity contribution in [3.63, 3.8) is 0 Å². The van der Waals surface area contributed by atoms with Crippen molar-refractivity contribution in [1.29, 1.82) is 0 Å². The van der Waals surface area contributed by atoms with E-state index >= 15 is 0 Å². The topological polar surface area (TPSA) is 30.7 Å². The van der Waals surface area contributed by atoms with E-state index in [0.29, 0.717) is 5.82 Å². The van der Waals surface area contributed by atoms with E-state index in [9.17, 15) is 0 Å². The van der Waals surface area contributed by atoms with Crippen LogP contribution in [0.4, 0.5) is 0 Å². The van der Waals surface area contributed by atoms with Crippen LogP contribution in [0.5, 0.6) is 0 Å². The fourth-order valence-electron chi connectivity index (χ4n) is 9.06. The first kappa shape index (κ1) is 32.3. The number of aromatic nitrogens is 3. The van der Waals surface area contributed by atoms with Gasteiger partial charge in [0.2, 0.25) is 0 Å². The standard InChI is InChI=1S/C53H37N3/c1-53(2)45-23-13-11-20-39(45)40-27-25-37(32-46(40)53)47-33-48(55-52(54-47)35-17-7-4-8-18-35)41-28-30-50(42-21-10-9-19-38(41)42)56-49-24-14-12-22-43(49)44-31-36(26-29-51(44)56)34-15-5-3-6-16-34/h3-33H,1-2H3. The summed E-state index contributed by atoms with van der Waals surface area (Å²) in [6, 6.07) is 67.7. The predicted octanol–water partition coefficient (Wildman–Crippen LogP) is 13.7. The largest absolute Gasteiger partial charge is 0.309 e. The number of rotatable bonds is 5. The maximum Gasteiger partial charge on any atom is 0.160 e. The van der Waals surface area contributed by atoms with Crippen LogP contribution in [0.3, 0.4) is 0 Å². The molecule has 0 N–H and O–H groups in total. The van der Waals surface area contributed by atoms with E-state index in [1.54, 1.807) is 0 Å². The Hall–Kier alpha value is -7.10. The van der Waals surface area contributed by atoms with E-state index in [0.717, 1.165) is 39.2 Å². The molecule has 3 heteroatoms. The Kier molecular flexibility index (Phi) is 7.20. The number of fused-ring (bicyclic) bond motifs is 7. The Morgan fingerprint density at radius 2 is 0.982 bits per heavy atom. The molecule has 0 spiro atoms. The van der Waals surface area contributed by atoms with Crippen LogP contribution in [0.25, 0.3) is 94.4 Å². The average molecular weight is 716 g/mol. The van der Waals surface area contributed by atoms with Crippen molar-refractivity contribution in [1.82, 2.24) is 14.5 Å². The third-order valence-corrected chi connectivity index (χ3v) is 11.8. The lowest BCUT2D eigenvalue weighted by Crippen LogP contribution is -2.14. The molecule has 0 fully saturated rings. The first-order valence-electron chi connectivity index (χ1n) is 19.3. The van der Waals surface area contributed by atoms with Gasteiger partial charge in [-0.2, -0.15) is 0 Å². The summed E-state index contributed by atoms with van der Waals surface area (Å²) in [5.74, 6) is 0.714. The van der Waals surface area contributed by atoms with Gasteiger partial charge in [0.25, 0.3) is 0 Å². The van der Waals surface area contributed by atoms with Crippen LogP contribution >= 0.6 is 0 Å². The summed E-state index contributed by atoms with van der Waals surface area (Å²) in [4.78, 5) is 10.5. The van der Waals surface area contributed by atoms with Gasteiger partial charge in [-0.25, -0.2) is 9.97 Å². The zero-order chi connectivity index (χ0) is 37.4. The Labute approximate surface area is 326 Å². The van der Waals surface area contributed by atoms with Crippen LogP contribution in [-0.4, -0.2) is 14.5 Å². The monoisotopic (exact) mass is 715 g/mol. The molecule has 264 valence electrons. The molecule has 11 rings (SSSR count). The van der Waals surface area contributed by atoms with Crippen molar-refractivity contribution < 1.29 is 0 Å². The van der Waals surface area contributed by atoms with Gasteiger partial charge in [-0.15, -0.1) is 0 Å². The molecule has 2 heterocycles. The second-order valence-corrected chi connectivity index (χ2v) is 15.4. The molecular formula is C53H37N3. The average Bonchev–Trinajstić information content (AvgIpc) is 3.71. The molecule has 0 unspecified atom stereocenters. The minimum absolute atomic E-state index is 0.109. The van der Waals surface area contributed by atoms with Gasteiger partial charge >= 0.3 is 0 Å². The van der Waals surface area contributed by atoms with E-state index in [2.05, 4.69) is 200 Å². The minimum Gasteiger partial charge on any atom is -0.309 e. The molecule has 1 aliphatic carbocycles. The molecule has 8 aromatic carbocycles. The highest BCUT2D eigenvalue weighted by Gasteiger charge is 2.35. The van der Waals surface area contributed by atoms with Gasteiger partial charge in [0.05, 0.1) is 28.1 Å². The fraction of sp³-hybridized carbons (Fsp3) is 0.0566. The summed E-state index contributed by atoms with van der Waals surface area (Å²) in [7, 11) is 0. The quantitative estimate of drug-likeness (QED) is 0.178. The zero-order valence-electron chi connectivity index (χ0n) is 31.2. The first-order chi connectivity index (χ1) is 27.5. The van der Waals surface area contributed by atoms with Crippen LogP contribution in [0.1, 0.15) is 25.0 Å². The molecule has 0 radical (unpaired) electrons. The predicted molar refractivity (Wildman–Crippen MR) is 233 cm³/mol. The van der Waals surface area contributed by atoms with Crippen LogP contribution in [0, 0.1) is 0 Å². The fourth-order valence-corrected chi connectivity index (χ4v) is 9.06. The van der Waals surface area contributed by atoms with Gasteiger partial charge in [0.15, 0.2) is 5.82 Å². The van der Waals surface area contributed by atoms with Crippen molar-refractivity contribution >= 4 is 32.6 Å².